The van der Waals surface area contributed by atoms with Crippen molar-refractivity contribution in [3.8, 4) is 6.07 Å². The van der Waals surface area contributed by atoms with E-state index in [1.165, 1.54) is 11.0 Å². The predicted molar refractivity (Wildman–Crippen MR) is 153 cm³/mol. The van der Waals surface area contributed by atoms with Crippen LogP contribution in [-0.4, -0.2) is 63.5 Å². The second-order valence-corrected chi connectivity index (χ2v) is 10.9. The SMILES string of the molecule is CCCn1c(N2CCN(c3ccccc3F)CC2)c(C=C2SC(=S)N(CCC(=O)O)C2=O)c(C)c(C#N)c1=O. The zero-order chi connectivity index (χ0) is 28.3. The van der Waals surface area contributed by atoms with Crippen molar-refractivity contribution < 1.29 is 19.1 Å². The summed E-state index contributed by atoms with van der Waals surface area (Å²) < 4.78 is 16.3. The van der Waals surface area contributed by atoms with Crippen LogP contribution in [0.3, 0.4) is 0 Å². The van der Waals surface area contributed by atoms with Gasteiger partial charge in [0.2, 0.25) is 0 Å². The van der Waals surface area contributed by atoms with Gasteiger partial charge < -0.3 is 14.9 Å². The summed E-state index contributed by atoms with van der Waals surface area (Å²) >= 11 is 6.41. The molecule has 0 aliphatic carbocycles. The Morgan fingerprint density at radius 2 is 1.85 bits per heavy atom. The lowest BCUT2D eigenvalue weighted by Crippen LogP contribution is -2.49. The molecular formula is C27H28FN5O4S2. The maximum absolute atomic E-state index is 14.4. The van der Waals surface area contributed by atoms with Crippen LogP contribution < -0.4 is 15.4 Å². The highest BCUT2D eigenvalue weighted by Crippen LogP contribution is 2.36. The Hall–Kier alpha value is -3.69. The van der Waals surface area contributed by atoms with Crippen LogP contribution in [0.5, 0.6) is 0 Å². The number of hydrogen-bond donors (Lipinski definition) is 1. The van der Waals surface area contributed by atoms with Crippen LogP contribution in [0.1, 0.15) is 36.5 Å². The second-order valence-electron chi connectivity index (χ2n) is 9.21. The number of nitrogens with zero attached hydrogens (tertiary/aromatic N) is 5. The summed E-state index contributed by atoms with van der Waals surface area (Å²) in [4.78, 5) is 43.1. The van der Waals surface area contributed by atoms with Crippen molar-refractivity contribution in [3.63, 3.8) is 0 Å². The van der Waals surface area contributed by atoms with E-state index in [1.54, 1.807) is 35.8 Å². The second kappa shape index (κ2) is 12.0. The molecule has 0 radical (unpaired) electrons. The summed E-state index contributed by atoms with van der Waals surface area (Å²) in [6, 6.07) is 8.63. The van der Waals surface area contributed by atoms with Gasteiger partial charge in [0.15, 0.2) is 0 Å². The molecule has 0 unspecified atom stereocenters. The maximum Gasteiger partial charge on any atom is 0.305 e. The van der Waals surface area contributed by atoms with Crippen LogP contribution in [0, 0.1) is 24.1 Å². The number of carboxylic acid groups (broad SMARTS) is 1. The van der Waals surface area contributed by atoms with Gasteiger partial charge in [-0.2, -0.15) is 5.26 Å². The van der Waals surface area contributed by atoms with Crippen molar-refractivity contribution >= 4 is 57.8 Å². The molecular weight excluding hydrogens is 541 g/mol. The minimum absolute atomic E-state index is 0.00444. The number of para-hydroxylation sites is 1. The van der Waals surface area contributed by atoms with Gasteiger partial charge in [-0.15, -0.1) is 0 Å². The first-order valence-corrected chi connectivity index (χ1v) is 13.8. The Morgan fingerprint density at radius 3 is 2.46 bits per heavy atom. The van der Waals surface area contributed by atoms with E-state index in [2.05, 4.69) is 0 Å². The third-order valence-corrected chi connectivity index (χ3v) is 8.14. The molecule has 39 heavy (non-hydrogen) atoms. The fourth-order valence-electron chi connectivity index (χ4n) is 4.81. The number of carbonyl (C=O) groups is 2. The van der Waals surface area contributed by atoms with Gasteiger partial charge in [-0.05, 0) is 37.1 Å². The number of carboxylic acids is 1. The van der Waals surface area contributed by atoms with E-state index in [0.29, 0.717) is 66.7 Å². The van der Waals surface area contributed by atoms with E-state index in [9.17, 15) is 24.0 Å². The number of halogens is 1. The molecule has 1 aromatic carbocycles. The highest BCUT2D eigenvalue weighted by molar-refractivity contribution is 8.26. The summed E-state index contributed by atoms with van der Waals surface area (Å²) in [5.41, 5.74) is 1.15. The van der Waals surface area contributed by atoms with Crippen LogP contribution in [0.4, 0.5) is 15.9 Å². The van der Waals surface area contributed by atoms with E-state index >= 15 is 0 Å². The average Bonchev–Trinajstić information content (AvgIpc) is 3.18. The minimum Gasteiger partial charge on any atom is -0.481 e. The molecule has 0 spiro atoms. The third kappa shape index (κ3) is 5.69. The number of piperazine rings is 1. The summed E-state index contributed by atoms with van der Waals surface area (Å²) in [6.07, 6.45) is 2.06. The fourth-order valence-corrected chi connectivity index (χ4v) is 6.10. The number of anilines is 2. The van der Waals surface area contributed by atoms with Crippen molar-refractivity contribution in [2.75, 3.05) is 42.5 Å². The highest BCUT2D eigenvalue weighted by Gasteiger charge is 2.34. The quantitative estimate of drug-likeness (QED) is 0.377. The Kier molecular flexibility index (Phi) is 8.72. The van der Waals surface area contributed by atoms with E-state index in [-0.39, 0.29) is 28.7 Å². The normalized spacial score (nSPS) is 16.8. The fraction of sp³-hybridized carbons (Fsp3) is 0.370. The number of benzene rings is 1. The van der Waals surface area contributed by atoms with E-state index in [1.807, 2.05) is 22.8 Å². The molecule has 1 amide bonds. The Morgan fingerprint density at radius 1 is 1.18 bits per heavy atom. The van der Waals surface area contributed by atoms with Crippen LogP contribution in [0.2, 0.25) is 0 Å². The lowest BCUT2D eigenvalue weighted by molar-refractivity contribution is -0.137. The number of rotatable bonds is 8. The van der Waals surface area contributed by atoms with Crippen LogP contribution >= 0.6 is 24.0 Å². The maximum atomic E-state index is 14.4. The molecule has 2 saturated heterocycles. The average molecular weight is 570 g/mol. The number of pyridine rings is 1. The zero-order valence-corrected chi connectivity index (χ0v) is 23.3. The van der Waals surface area contributed by atoms with E-state index in [0.717, 1.165) is 11.8 Å². The van der Waals surface area contributed by atoms with Crippen LogP contribution in [0.25, 0.3) is 6.08 Å². The molecule has 204 valence electrons. The molecule has 0 atom stereocenters. The number of amides is 1. The largest absolute Gasteiger partial charge is 0.481 e. The number of hydrogen-bond acceptors (Lipinski definition) is 8. The number of carbonyl (C=O) groups excluding carboxylic acids is 1. The first kappa shape index (κ1) is 28.3. The number of thiocarbonyl (C=S) groups is 1. The number of aliphatic carboxylic acids is 1. The van der Waals surface area contributed by atoms with Crippen LogP contribution in [0.15, 0.2) is 34.0 Å². The molecule has 9 nitrogen and oxygen atoms in total. The van der Waals surface area contributed by atoms with Crippen molar-refractivity contribution in [2.24, 2.45) is 0 Å². The molecule has 1 N–H and O–H groups in total. The molecule has 2 aromatic rings. The molecule has 0 saturated carbocycles. The topological polar surface area (TPSA) is 110 Å². The smallest absolute Gasteiger partial charge is 0.305 e. The Labute approximate surface area is 235 Å². The molecule has 12 heteroatoms. The monoisotopic (exact) mass is 569 g/mol. The number of nitriles is 1. The first-order chi connectivity index (χ1) is 18.7. The van der Waals surface area contributed by atoms with Gasteiger partial charge in [0, 0.05) is 44.8 Å². The van der Waals surface area contributed by atoms with Gasteiger partial charge in [0.05, 0.1) is 17.0 Å². The summed E-state index contributed by atoms with van der Waals surface area (Å²) in [5, 5.41) is 18.9. The number of aromatic nitrogens is 1. The lowest BCUT2D eigenvalue weighted by atomic mass is 10.0. The molecule has 4 rings (SSSR count). The van der Waals surface area contributed by atoms with Crippen LogP contribution in [-0.2, 0) is 16.1 Å². The molecule has 2 fully saturated rings. The molecule has 3 heterocycles. The van der Waals surface area contributed by atoms with Gasteiger partial charge in [-0.1, -0.05) is 43.0 Å². The van der Waals surface area contributed by atoms with Gasteiger partial charge in [-0.25, -0.2) is 4.39 Å². The first-order valence-electron chi connectivity index (χ1n) is 12.6. The number of thioether (sulfide) groups is 1. The van der Waals surface area contributed by atoms with Crippen molar-refractivity contribution in [3.05, 3.63) is 62.0 Å². The summed E-state index contributed by atoms with van der Waals surface area (Å²) in [6.45, 7) is 5.95. The molecule has 2 aliphatic heterocycles. The summed E-state index contributed by atoms with van der Waals surface area (Å²) in [7, 11) is 0. The third-order valence-electron chi connectivity index (χ3n) is 6.76. The summed E-state index contributed by atoms with van der Waals surface area (Å²) in [5.74, 6) is -1.14. The molecule has 2 aliphatic rings. The van der Waals surface area contributed by atoms with Crippen molar-refractivity contribution in [2.45, 2.75) is 33.2 Å². The predicted octanol–water partition coefficient (Wildman–Crippen LogP) is 3.58. The van der Waals surface area contributed by atoms with Gasteiger partial charge in [0.25, 0.3) is 11.5 Å². The molecule has 1 aromatic heterocycles. The van der Waals surface area contributed by atoms with E-state index in [4.69, 9.17) is 17.3 Å². The van der Waals surface area contributed by atoms with Gasteiger partial charge in [-0.3, -0.25) is 23.9 Å². The minimum atomic E-state index is -1.04. The standard InChI is InChI=1S/C27H28FN5O4S2/c1-3-9-32-24(31-13-11-30(12-14-31)21-7-5-4-6-20(21)28)18(17(2)19(16-29)25(32)36)15-22-26(37)33(27(38)39-22)10-8-23(34)35/h4-7,15H,3,8-14H2,1-2H3,(H,34,35). The van der Waals surface area contributed by atoms with Crippen molar-refractivity contribution in [1.29, 1.82) is 5.26 Å². The Bertz CT molecular complexity index is 1460. The highest BCUT2D eigenvalue weighted by atomic mass is 32.2. The lowest BCUT2D eigenvalue weighted by Gasteiger charge is -2.39. The Balaban J connectivity index is 1.77. The van der Waals surface area contributed by atoms with E-state index < -0.39 is 17.4 Å². The van der Waals surface area contributed by atoms with Crippen molar-refractivity contribution in [1.82, 2.24) is 9.47 Å². The van der Waals surface area contributed by atoms with Gasteiger partial charge >= 0.3 is 5.97 Å². The van der Waals surface area contributed by atoms with Gasteiger partial charge in [0.1, 0.15) is 27.6 Å². The molecule has 0 bridgehead atoms. The zero-order valence-electron chi connectivity index (χ0n) is 21.6.